The van der Waals surface area contributed by atoms with Gasteiger partial charge in [-0.3, -0.25) is 0 Å². The van der Waals surface area contributed by atoms with Crippen LogP contribution in [0.1, 0.15) is 54.7 Å². The van der Waals surface area contributed by atoms with E-state index in [1.54, 1.807) is 23.9 Å². The van der Waals surface area contributed by atoms with Gasteiger partial charge in [0.1, 0.15) is 0 Å². The summed E-state index contributed by atoms with van der Waals surface area (Å²) in [4.78, 5) is 19.0. The van der Waals surface area contributed by atoms with E-state index < -0.39 is 12.1 Å². The zero-order chi connectivity index (χ0) is 23.8. The molecule has 0 N–H and O–H groups in total. The van der Waals surface area contributed by atoms with E-state index in [1.165, 1.54) is 11.3 Å². The van der Waals surface area contributed by atoms with Crippen molar-refractivity contribution < 1.29 is 13.9 Å². The predicted molar refractivity (Wildman–Crippen MR) is 130 cm³/mol. The van der Waals surface area contributed by atoms with Crippen molar-refractivity contribution in [2.75, 3.05) is 0 Å². The van der Waals surface area contributed by atoms with Crippen LogP contribution in [0.3, 0.4) is 0 Å². The van der Waals surface area contributed by atoms with Gasteiger partial charge in [0.15, 0.2) is 11.8 Å². The number of carbonyl (C=O) groups is 1. The molecule has 4 heterocycles. The van der Waals surface area contributed by atoms with Crippen LogP contribution in [0.2, 0.25) is 0 Å². The second-order valence-electron chi connectivity index (χ2n) is 8.31. The summed E-state index contributed by atoms with van der Waals surface area (Å²) < 4.78 is 13.3. The SMILES string of the molecule is Cc1ccc(-c2cc(C(=O)OC(C)c3nnc(-c4cccs4)o3)c3cnn(C(C)C)c3n2)cc1. The number of aromatic nitrogens is 5. The predicted octanol–water partition coefficient (Wildman–Crippen LogP) is 6.02. The molecule has 0 fully saturated rings. The van der Waals surface area contributed by atoms with Crippen LogP contribution in [0.15, 0.2) is 58.5 Å². The largest absolute Gasteiger partial charge is 0.449 e. The van der Waals surface area contributed by atoms with E-state index in [4.69, 9.17) is 14.1 Å². The minimum atomic E-state index is -0.722. The maximum Gasteiger partial charge on any atom is 0.339 e. The fourth-order valence-corrected chi connectivity index (χ4v) is 4.25. The summed E-state index contributed by atoms with van der Waals surface area (Å²) in [6.45, 7) is 7.78. The molecule has 0 saturated carbocycles. The van der Waals surface area contributed by atoms with Crippen molar-refractivity contribution in [1.29, 1.82) is 0 Å². The highest BCUT2D eigenvalue weighted by Gasteiger charge is 2.24. The highest BCUT2D eigenvalue weighted by molar-refractivity contribution is 7.13. The van der Waals surface area contributed by atoms with Gasteiger partial charge in [0.05, 0.1) is 27.7 Å². The minimum Gasteiger partial charge on any atom is -0.449 e. The first kappa shape index (κ1) is 22.0. The smallest absolute Gasteiger partial charge is 0.339 e. The van der Waals surface area contributed by atoms with E-state index in [0.717, 1.165) is 16.0 Å². The van der Waals surface area contributed by atoms with Crippen molar-refractivity contribution in [3.63, 3.8) is 0 Å². The Kier molecular flexibility index (Phi) is 5.70. The molecule has 0 aliphatic rings. The number of benzene rings is 1. The lowest BCUT2D eigenvalue weighted by molar-refractivity contribution is 0.0282. The van der Waals surface area contributed by atoms with E-state index in [9.17, 15) is 4.79 Å². The number of carbonyl (C=O) groups excluding carboxylic acids is 1. The lowest BCUT2D eigenvalue weighted by atomic mass is 10.1. The van der Waals surface area contributed by atoms with Crippen molar-refractivity contribution in [3.05, 3.63) is 71.1 Å². The molecule has 5 aromatic rings. The summed E-state index contributed by atoms with van der Waals surface area (Å²) in [5.41, 5.74) is 3.74. The lowest BCUT2D eigenvalue weighted by Crippen LogP contribution is -2.11. The third-order valence-corrected chi connectivity index (χ3v) is 6.29. The maximum absolute atomic E-state index is 13.3. The second-order valence-corrected chi connectivity index (χ2v) is 9.26. The molecule has 0 bridgehead atoms. The average Bonchev–Trinajstić information content (AvgIpc) is 3.59. The Balaban J connectivity index is 1.50. The van der Waals surface area contributed by atoms with Gasteiger partial charge in [0.2, 0.25) is 0 Å². The molecule has 1 aromatic carbocycles. The highest BCUT2D eigenvalue weighted by atomic mass is 32.1. The summed E-state index contributed by atoms with van der Waals surface area (Å²) in [5.74, 6) is 0.130. The number of hydrogen-bond donors (Lipinski definition) is 0. The van der Waals surface area contributed by atoms with Crippen LogP contribution < -0.4 is 0 Å². The minimum absolute atomic E-state index is 0.0788. The van der Waals surface area contributed by atoms with Crippen LogP contribution in [0.4, 0.5) is 0 Å². The molecule has 1 atom stereocenters. The Bertz CT molecular complexity index is 1450. The third kappa shape index (κ3) is 4.10. The van der Waals surface area contributed by atoms with E-state index in [0.29, 0.717) is 28.2 Å². The number of aryl methyl sites for hydroxylation is 1. The first-order valence-corrected chi connectivity index (χ1v) is 11.8. The molecule has 0 saturated heterocycles. The van der Waals surface area contributed by atoms with Gasteiger partial charge in [-0.1, -0.05) is 35.9 Å². The van der Waals surface area contributed by atoms with E-state index in [1.807, 2.05) is 62.5 Å². The number of pyridine rings is 1. The summed E-state index contributed by atoms with van der Waals surface area (Å²) >= 11 is 1.50. The van der Waals surface area contributed by atoms with Crippen molar-refractivity contribution in [1.82, 2.24) is 25.0 Å². The number of rotatable bonds is 6. The summed E-state index contributed by atoms with van der Waals surface area (Å²) in [7, 11) is 0. The Morgan fingerprint density at radius 2 is 1.91 bits per heavy atom. The molecule has 0 spiro atoms. The second kappa shape index (κ2) is 8.83. The fraction of sp³-hybridized carbons (Fsp3) is 0.240. The molecular formula is C25H23N5O3S. The van der Waals surface area contributed by atoms with Crippen LogP contribution in [-0.4, -0.2) is 30.9 Å². The molecule has 5 rings (SSSR count). The molecular weight excluding hydrogens is 450 g/mol. The maximum atomic E-state index is 13.3. The Morgan fingerprint density at radius 1 is 1.12 bits per heavy atom. The number of esters is 1. The number of fused-ring (bicyclic) bond motifs is 1. The van der Waals surface area contributed by atoms with Gasteiger partial charge >= 0.3 is 5.97 Å². The molecule has 172 valence electrons. The third-order valence-electron chi connectivity index (χ3n) is 5.43. The van der Waals surface area contributed by atoms with Crippen molar-refractivity contribution in [2.24, 2.45) is 0 Å². The molecule has 8 nitrogen and oxygen atoms in total. The van der Waals surface area contributed by atoms with Gasteiger partial charge in [0, 0.05) is 11.6 Å². The monoisotopic (exact) mass is 473 g/mol. The average molecular weight is 474 g/mol. The first-order chi connectivity index (χ1) is 16.4. The zero-order valence-corrected chi connectivity index (χ0v) is 20.0. The van der Waals surface area contributed by atoms with E-state index in [-0.39, 0.29) is 11.9 Å². The summed E-state index contributed by atoms with van der Waals surface area (Å²) in [6, 6.07) is 13.6. The van der Waals surface area contributed by atoms with E-state index in [2.05, 4.69) is 15.3 Å². The molecule has 34 heavy (non-hydrogen) atoms. The molecule has 1 unspecified atom stereocenters. The van der Waals surface area contributed by atoms with Gasteiger partial charge in [-0.15, -0.1) is 21.5 Å². The van der Waals surface area contributed by atoms with Gasteiger partial charge in [-0.05, 0) is 45.2 Å². The normalized spacial score (nSPS) is 12.4. The van der Waals surface area contributed by atoms with Crippen molar-refractivity contribution >= 4 is 28.3 Å². The van der Waals surface area contributed by atoms with Crippen LogP contribution in [-0.2, 0) is 4.74 Å². The number of thiophene rings is 1. The number of nitrogens with zero attached hydrogens (tertiary/aromatic N) is 5. The number of ether oxygens (including phenoxy) is 1. The van der Waals surface area contributed by atoms with Gasteiger partial charge in [-0.25, -0.2) is 14.5 Å². The lowest BCUT2D eigenvalue weighted by Gasteiger charge is -2.12. The molecule has 4 aromatic heterocycles. The van der Waals surface area contributed by atoms with Crippen molar-refractivity contribution in [3.8, 4) is 22.0 Å². The van der Waals surface area contributed by atoms with Crippen LogP contribution >= 0.6 is 11.3 Å². The molecule has 0 aliphatic carbocycles. The topological polar surface area (TPSA) is 95.9 Å². The molecule has 9 heteroatoms. The Labute approximate surface area is 200 Å². The Morgan fingerprint density at radius 3 is 2.62 bits per heavy atom. The first-order valence-electron chi connectivity index (χ1n) is 10.9. The van der Waals surface area contributed by atoms with Crippen LogP contribution in [0, 0.1) is 6.92 Å². The zero-order valence-electron chi connectivity index (χ0n) is 19.2. The van der Waals surface area contributed by atoms with E-state index >= 15 is 0 Å². The summed E-state index contributed by atoms with van der Waals surface area (Å²) in [6.07, 6.45) is 0.935. The fourth-order valence-electron chi connectivity index (χ4n) is 3.61. The van der Waals surface area contributed by atoms with Crippen molar-refractivity contribution in [2.45, 2.75) is 39.8 Å². The van der Waals surface area contributed by atoms with Gasteiger partial charge in [-0.2, -0.15) is 5.10 Å². The highest BCUT2D eigenvalue weighted by Crippen LogP contribution is 2.30. The number of hydrogen-bond acceptors (Lipinski definition) is 8. The van der Waals surface area contributed by atoms with Gasteiger partial charge in [0.25, 0.3) is 11.8 Å². The standard InChI is InChI=1S/C25H23N5O3S/c1-14(2)30-22-19(13-26-30)18(12-20(27-22)17-9-7-15(3)8-10-17)25(31)32-16(4)23-28-29-24(33-23)21-6-5-11-34-21/h5-14,16H,1-4H3. The van der Waals surface area contributed by atoms with Crippen LogP contribution in [0.25, 0.3) is 33.1 Å². The molecule has 0 aliphatic heterocycles. The quantitative estimate of drug-likeness (QED) is 0.278. The Hall–Kier alpha value is -3.85. The molecule has 0 amide bonds. The van der Waals surface area contributed by atoms with Crippen LogP contribution in [0.5, 0.6) is 0 Å². The molecule has 0 radical (unpaired) electrons. The van der Waals surface area contributed by atoms with Gasteiger partial charge < -0.3 is 9.15 Å². The summed E-state index contributed by atoms with van der Waals surface area (Å²) in [5, 5.41) is 15.2.